The van der Waals surface area contributed by atoms with Gasteiger partial charge in [-0.1, -0.05) is 17.7 Å². The van der Waals surface area contributed by atoms with Crippen molar-refractivity contribution in [1.82, 2.24) is 23.5 Å². The Kier molecular flexibility index (Phi) is 9.25. The molecule has 58 heavy (non-hydrogen) atoms. The molecule has 16 nitrogen and oxygen atoms in total. The number of anilines is 1. The minimum absolute atomic E-state index is 0.0589. The predicted molar refractivity (Wildman–Crippen MR) is 208 cm³/mol. The van der Waals surface area contributed by atoms with E-state index in [2.05, 4.69) is 4.98 Å². The number of nitrogens with zero attached hydrogens (tertiary/aromatic N) is 6. The number of benzene rings is 3. The van der Waals surface area contributed by atoms with Crippen molar-refractivity contribution in [2.45, 2.75) is 44.8 Å². The fourth-order valence-electron chi connectivity index (χ4n) is 8.99. The van der Waals surface area contributed by atoms with Crippen LogP contribution in [0.4, 0.5) is 10.1 Å². The van der Waals surface area contributed by atoms with Gasteiger partial charge in [0.05, 0.1) is 74.1 Å². The van der Waals surface area contributed by atoms with E-state index in [-0.39, 0.29) is 59.6 Å². The zero-order valence-corrected chi connectivity index (χ0v) is 33.0. The van der Waals surface area contributed by atoms with E-state index in [1.165, 1.54) is 66.6 Å². The Bertz CT molecular complexity index is 2780. The summed E-state index contributed by atoms with van der Waals surface area (Å²) in [5.41, 5.74) is -1.35. The fraction of sp³-hybridized carbons (Fsp3) is 0.350. The third-order valence-corrected chi connectivity index (χ3v) is 12.1. The SMILES string of the molecule is COc1cc2nc(CCn3c(=O)n4n(c3=O)[C@@H]3C[C@H]5C(=O)N(c6ccc(F)c(Cl)c6)C(=O)[C@@]5(C)[C@@H](c5c(OC)cc(O)cc5OC)C3=CC4)c(=O)n(C)c2cc1OC. The minimum atomic E-state index is -1.54. The van der Waals surface area contributed by atoms with E-state index in [9.17, 15) is 33.5 Å². The lowest BCUT2D eigenvalue weighted by Gasteiger charge is -2.47. The van der Waals surface area contributed by atoms with Crippen molar-refractivity contribution in [3.05, 3.63) is 108 Å². The van der Waals surface area contributed by atoms with Gasteiger partial charge in [0, 0.05) is 55.8 Å². The number of phenolic OH excluding ortho intramolecular Hbond substituents is 1. The van der Waals surface area contributed by atoms with Crippen LogP contribution in [-0.2, 0) is 36.1 Å². The normalized spacial score (nSPS) is 21.1. The molecule has 2 aliphatic heterocycles. The van der Waals surface area contributed by atoms with E-state index in [1.807, 2.05) is 0 Å². The standard InChI is InChI=1S/C40H38ClFN6O10/c1-40-22(35(50)47(37(40)52)19-7-8-24(42)23(41)13-19)16-27-21(34(40)33-31(57-5)14-20(49)15-32(33)58-6)9-12-46-38(53)45(39(54)48(27)46)11-10-25-36(51)44(2)28-18-30(56-4)29(55-3)17-26(28)43-25/h7-9,13-15,17-18,22,27,34,49H,10-12,16H2,1-6H3/t22-,27+,34+,40+/m0/s1. The van der Waals surface area contributed by atoms with Crippen molar-refractivity contribution in [2.24, 2.45) is 18.4 Å². The Labute approximate surface area is 333 Å². The molecular formula is C40H38ClFN6O10. The summed E-state index contributed by atoms with van der Waals surface area (Å²) < 4.78 is 41.6. The number of rotatable bonds is 9. The summed E-state index contributed by atoms with van der Waals surface area (Å²) in [6.07, 6.45) is 1.61. The van der Waals surface area contributed by atoms with Gasteiger partial charge in [-0.2, -0.15) is 0 Å². The van der Waals surface area contributed by atoms with Gasteiger partial charge in [0.2, 0.25) is 11.8 Å². The number of halogens is 2. The molecule has 2 amide bonds. The zero-order chi connectivity index (χ0) is 41.5. The topological polar surface area (TPSA) is 178 Å². The first-order valence-corrected chi connectivity index (χ1v) is 18.6. The van der Waals surface area contributed by atoms with Gasteiger partial charge in [-0.15, -0.1) is 0 Å². The number of methoxy groups -OCH3 is 4. The summed E-state index contributed by atoms with van der Waals surface area (Å²) in [6.45, 7) is 1.37. The number of allylic oxidation sites excluding steroid dienone is 2. The average molecular weight is 817 g/mol. The summed E-state index contributed by atoms with van der Waals surface area (Å²) in [6, 6.07) is 8.61. The molecule has 0 bridgehead atoms. The largest absolute Gasteiger partial charge is 0.508 e. The fourth-order valence-corrected chi connectivity index (χ4v) is 9.17. The first-order chi connectivity index (χ1) is 27.7. The van der Waals surface area contributed by atoms with Crippen LogP contribution in [0.2, 0.25) is 5.02 Å². The monoisotopic (exact) mass is 816 g/mol. The van der Waals surface area contributed by atoms with Gasteiger partial charge in [-0.3, -0.25) is 14.4 Å². The molecule has 3 aromatic carbocycles. The number of ether oxygens (including phenoxy) is 4. The van der Waals surface area contributed by atoms with Crippen molar-refractivity contribution in [1.29, 1.82) is 0 Å². The Morgan fingerprint density at radius 1 is 0.914 bits per heavy atom. The third kappa shape index (κ3) is 5.46. The highest BCUT2D eigenvalue weighted by Gasteiger charge is 2.66. The minimum Gasteiger partial charge on any atom is -0.508 e. The van der Waals surface area contributed by atoms with E-state index in [0.29, 0.717) is 33.7 Å². The van der Waals surface area contributed by atoms with Gasteiger partial charge >= 0.3 is 11.4 Å². The quantitative estimate of drug-likeness (QED) is 0.170. The van der Waals surface area contributed by atoms with Crippen LogP contribution in [0.3, 0.4) is 0 Å². The Hall–Kier alpha value is -6.36. The lowest BCUT2D eigenvalue weighted by molar-refractivity contribution is -0.129. The lowest BCUT2D eigenvalue weighted by atomic mass is 9.56. The summed E-state index contributed by atoms with van der Waals surface area (Å²) in [4.78, 5) is 76.9. The maximum absolute atomic E-state index is 14.8. The predicted octanol–water partition coefficient (Wildman–Crippen LogP) is 3.70. The second-order valence-corrected chi connectivity index (χ2v) is 15.0. The zero-order valence-electron chi connectivity index (χ0n) is 32.2. The number of phenols is 1. The molecule has 8 rings (SSSR count). The third-order valence-electron chi connectivity index (χ3n) is 11.8. The Balaban J connectivity index is 1.25. The number of hydrogen-bond acceptors (Lipinski definition) is 11. The van der Waals surface area contributed by atoms with Crippen LogP contribution in [0.1, 0.15) is 36.6 Å². The van der Waals surface area contributed by atoms with Gasteiger partial charge in [0.1, 0.15) is 28.8 Å². The van der Waals surface area contributed by atoms with E-state index < -0.39 is 57.9 Å². The summed E-state index contributed by atoms with van der Waals surface area (Å²) >= 11 is 6.12. The first kappa shape index (κ1) is 38.5. The maximum atomic E-state index is 14.8. The van der Waals surface area contributed by atoms with Gasteiger partial charge < -0.3 is 28.6 Å². The van der Waals surface area contributed by atoms with E-state index in [0.717, 1.165) is 15.5 Å². The molecule has 4 heterocycles. The molecule has 1 N–H and O–H groups in total. The highest BCUT2D eigenvalue weighted by molar-refractivity contribution is 6.31. The lowest BCUT2D eigenvalue weighted by Crippen LogP contribution is -2.49. The van der Waals surface area contributed by atoms with Crippen LogP contribution in [0, 0.1) is 17.2 Å². The van der Waals surface area contributed by atoms with Crippen molar-refractivity contribution >= 4 is 40.1 Å². The number of carbonyl (C=O) groups excluding carboxylic acids is 2. The van der Waals surface area contributed by atoms with E-state index >= 15 is 0 Å². The van der Waals surface area contributed by atoms with Crippen molar-refractivity contribution in [3.8, 4) is 28.7 Å². The molecule has 0 radical (unpaired) electrons. The van der Waals surface area contributed by atoms with Crippen LogP contribution in [0.15, 0.2) is 68.5 Å². The van der Waals surface area contributed by atoms with E-state index in [4.69, 9.17) is 30.5 Å². The van der Waals surface area contributed by atoms with E-state index in [1.54, 1.807) is 32.2 Å². The molecule has 4 atom stereocenters. The molecule has 1 saturated heterocycles. The molecule has 302 valence electrons. The van der Waals surface area contributed by atoms with Gasteiger partial charge in [-0.05, 0) is 37.1 Å². The number of fused-ring (bicyclic) bond motifs is 5. The number of imide groups is 1. The Morgan fingerprint density at radius 3 is 2.21 bits per heavy atom. The summed E-state index contributed by atoms with van der Waals surface area (Å²) in [7, 11) is 7.31. The number of hydrogen-bond donors (Lipinski definition) is 1. The van der Waals surface area contributed by atoms with Crippen LogP contribution in [-0.4, -0.2) is 68.8 Å². The molecule has 5 aromatic rings. The second-order valence-electron chi connectivity index (χ2n) is 14.6. The Morgan fingerprint density at radius 2 is 1.57 bits per heavy atom. The molecule has 0 spiro atoms. The van der Waals surface area contributed by atoms with Gasteiger partial charge in [0.15, 0.2) is 11.5 Å². The number of aromatic hydroxyl groups is 1. The summed E-state index contributed by atoms with van der Waals surface area (Å²) in [5.74, 6) is -3.11. The molecule has 0 unspecified atom stereocenters. The highest BCUT2D eigenvalue weighted by atomic mass is 35.5. The van der Waals surface area contributed by atoms with Crippen LogP contribution >= 0.6 is 11.6 Å². The van der Waals surface area contributed by atoms with Crippen LogP contribution < -0.4 is 40.8 Å². The molecule has 3 aliphatic rings. The number of aromatic nitrogens is 5. The van der Waals surface area contributed by atoms with Gasteiger partial charge in [-0.25, -0.2) is 37.8 Å². The van der Waals surface area contributed by atoms with Crippen LogP contribution in [0.5, 0.6) is 28.7 Å². The van der Waals surface area contributed by atoms with Crippen molar-refractivity contribution in [3.63, 3.8) is 0 Å². The summed E-state index contributed by atoms with van der Waals surface area (Å²) in [5, 5.41) is 10.3. The van der Waals surface area contributed by atoms with Gasteiger partial charge in [0.25, 0.3) is 5.56 Å². The molecule has 1 aliphatic carbocycles. The van der Waals surface area contributed by atoms with Crippen molar-refractivity contribution < 1.29 is 38.0 Å². The molecular weight excluding hydrogens is 779 g/mol. The number of amides is 2. The average Bonchev–Trinajstić information content (AvgIpc) is 3.57. The maximum Gasteiger partial charge on any atom is 0.347 e. The highest BCUT2D eigenvalue weighted by Crippen LogP contribution is 2.63. The number of aryl methyl sites for hydroxylation is 2. The first-order valence-electron chi connectivity index (χ1n) is 18.2. The number of carbonyl (C=O) groups is 2. The van der Waals surface area contributed by atoms with Crippen molar-refractivity contribution in [2.75, 3.05) is 33.3 Å². The molecule has 1 saturated carbocycles. The van der Waals surface area contributed by atoms with Crippen LogP contribution in [0.25, 0.3) is 11.0 Å². The molecule has 2 fully saturated rings. The second kappa shape index (κ2) is 13.9. The molecule has 18 heteroatoms. The molecule has 2 aromatic heterocycles. The smallest absolute Gasteiger partial charge is 0.347 e.